The highest BCUT2D eigenvalue weighted by Crippen LogP contribution is 2.21. The van der Waals surface area contributed by atoms with Gasteiger partial charge < -0.3 is 0 Å². The standard InChI is InChI=1S/C13H24N2O4S3/c1-5-11(3)15(21(4,16)17)10-9-14-22(18,19)13-8-7-12(6-2)20-13/h7-8,11,14H,5-6,9-10H2,1-4H3. The van der Waals surface area contributed by atoms with Gasteiger partial charge in [0.2, 0.25) is 20.0 Å². The lowest BCUT2D eigenvalue weighted by molar-refractivity contribution is 0.335. The average Bonchev–Trinajstić information content (AvgIpc) is 2.91. The summed E-state index contributed by atoms with van der Waals surface area (Å²) in [5.41, 5.74) is 0. The van der Waals surface area contributed by atoms with E-state index in [1.165, 1.54) is 15.6 Å². The Labute approximate surface area is 137 Å². The van der Waals surface area contributed by atoms with Gasteiger partial charge in [-0.1, -0.05) is 13.8 Å². The molecule has 0 saturated carbocycles. The fourth-order valence-corrected chi connectivity index (χ4v) is 5.56. The lowest BCUT2D eigenvalue weighted by Crippen LogP contribution is -2.42. The van der Waals surface area contributed by atoms with E-state index in [2.05, 4.69) is 4.72 Å². The Balaban J connectivity index is 2.72. The van der Waals surface area contributed by atoms with Crippen molar-refractivity contribution in [1.82, 2.24) is 9.03 Å². The third-order valence-corrected chi connectivity index (χ3v) is 7.96. The number of hydrogen-bond acceptors (Lipinski definition) is 5. The van der Waals surface area contributed by atoms with E-state index in [-0.39, 0.29) is 23.3 Å². The average molecular weight is 369 g/mol. The van der Waals surface area contributed by atoms with E-state index in [0.29, 0.717) is 6.42 Å². The Morgan fingerprint density at radius 1 is 1.23 bits per heavy atom. The van der Waals surface area contributed by atoms with Gasteiger partial charge in [0.1, 0.15) is 4.21 Å². The van der Waals surface area contributed by atoms with Crippen LogP contribution in [0.5, 0.6) is 0 Å². The van der Waals surface area contributed by atoms with Gasteiger partial charge in [-0.2, -0.15) is 4.31 Å². The molecule has 1 atom stereocenters. The van der Waals surface area contributed by atoms with Crippen LogP contribution in [0.4, 0.5) is 0 Å². The molecule has 0 bridgehead atoms. The van der Waals surface area contributed by atoms with Crippen molar-refractivity contribution in [3.05, 3.63) is 17.0 Å². The number of rotatable bonds is 9. The first-order chi connectivity index (χ1) is 10.1. The number of aryl methyl sites for hydroxylation is 1. The molecule has 0 aromatic carbocycles. The second-order valence-corrected chi connectivity index (χ2v) is 10.2. The Kier molecular flexibility index (Phi) is 7.00. The van der Waals surface area contributed by atoms with Gasteiger partial charge in [-0.15, -0.1) is 11.3 Å². The molecule has 1 N–H and O–H groups in total. The van der Waals surface area contributed by atoms with Crippen LogP contribution >= 0.6 is 11.3 Å². The lowest BCUT2D eigenvalue weighted by atomic mass is 10.2. The molecule has 0 radical (unpaired) electrons. The SMILES string of the molecule is CCc1ccc(S(=O)(=O)NCCN(C(C)CC)S(C)(=O)=O)s1. The molecule has 0 aliphatic heterocycles. The van der Waals surface area contributed by atoms with Crippen LogP contribution < -0.4 is 4.72 Å². The van der Waals surface area contributed by atoms with E-state index in [1.807, 2.05) is 20.8 Å². The first kappa shape index (κ1) is 19.6. The van der Waals surface area contributed by atoms with Crippen LogP contribution in [0.1, 0.15) is 32.1 Å². The molecule has 6 nitrogen and oxygen atoms in total. The second kappa shape index (κ2) is 7.87. The zero-order valence-electron chi connectivity index (χ0n) is 13.4. The smallest absolute Gasteiger partial charge is 0.212 e. The van der Waals surface area contributed by atoms with Crippen molar-refractivity contribution in [3.8, 4) is 0 Å². The van der Waals surface area contributed by atoms with Crippen molar-refractivity contribution in [2.75, 3.05) is 19.3 Å². The maximum Gasteiger partial charge on any atom is 0.250 e. The highest BCUT2D eigenvalue weighted by atomic mass is 32.2. The van der Waals surface area contributed by atoms with Crippen molar-refractivity contribution >= 4 is 31.4 Å². The van der Waals surface area contributed by atoms with Gasteiger partial charge in [-0.3, -0.25) is 0 Å². The van der Waals surface area contributed by atoms with Crippen LogP contribution in [0.3, 0.4) is 0 Å². The summed E-state index contributed by atoms with van der Waals surface area (Å²) < 4.78 is 51.9. The molecule has 9 heteroatoms. The fourth-order valence-electron chi connectivity index (χ4n) is 1.97. The Morgan fingerprint density at radius 2 is 1.86 bits per heavy atom. The highest BCUT2D eigenvalue weighted by Gasteiger charge is 2.23. The summed E-state index contributed by atoms with van der Waals surface area (Å²) in [6.07, 6.45) is 2.60. The van der Waals surface area contributed by atoms with Gasteiger partial charge in [0.05, 0.1) is 6.26 Å². The number of thiophene rings is 1. The molecule has 1 aromatic rings. The molecule has 1 heterocycles. The van der Waals surface area contributed by atoms with Crippen LogP contribution in [0.2, 0.25) is 0 Å². The van der Waals surface area contributed by atoms with Crippen molar-refractivity contribution in [2.24, 2.45) is 0 Å². The van der Waals surface area contributed by atoms with E-state index >= 15 is 0 Å². The van der Waals surface area contributed by atoms with Crippen molar-refractivity contribution < 1.29 is 16.8 Å². The van der Waals surface area contributed by atoms with Crippen molar-refractivity contribution in [3.63, 3.8) is 0 Å². The maximum absolute atomic E-state index is 12.2. The largest absolute Gasteiger partial charge is 0.250 e. The van der Waals surface area contributed by atoms with Crippen LogP contribution in [-0.4, -0.2) is 46.5 Å². The predicted octanol–water partition coefficient (Wildman–Crippen LogP) is 1.65. The predicted molar refractivity (Wildman–Crippen MR) is 90.2 cm³/mol. The van der Waals surface area contributed by atoms with Gasteiger partial charge >= 0.3 is 0 Å². The monoisotopic (exact) mass is 368 g/mol. The summed E-state index contributed by atoms with van der Waals surface area (Å²) in [6.45, 7) is 5.84. The molecule has 1 unspecified atom stereocenters. The van der Waals surface area contributed by atoms with E-state index in [4.69, 9.17) is 0 Å². The van der Waals surface area contributed by atoms with Gasteiger partial charge in [0.15, 0.2) is 0 Å². The zero-order valence-corrected chi connectivity index (χ0v) is 15.8. The molecule has 128 valence electrons. The molecular weight excluding hydrogens is 344 g/mol. The molecule has 22 heavy (non-hydrogen) atoms. The van der Waals surface area contributed by atoms with Gasteiger partial charge in [0, 0.05) is 24.0 Å². The number of sulfonamides is 2. The van der Waals surface area contributed by atoms with Gasteiger partial charge in [-0.25, -0.2) is 21.6 Å². The molecule has 0 fully saturated rings. The topological polar surface area (TPSA) is 83.6 Å². The Hall–Kier alpha value is -0.480. The highest BCUT2D eigenvalue weighted by molar-refractivity contribution is 7.91. The van der Waals surface area contributed by atoms with Crippen molar-refractivity contribution in [2.45, 2.75) is 43.9 Å². The second-order valence-electron chi connectivity index (χ2n) is 5.10. The molecular formula is C13H24N2O4S3. The number of nitrogens with zero attached hydrogens (tertiary/aromatic N) is 1. The van der Waals surface area contributed by atoms with Crippen molar-refractivity contribution in [1.29, 1.82) is 0 Å². The first-order valence-corrected chi connectivity index (χ1v) is 11.3. The summed E-state index contributed by atoms with van der Waals surface area (Å²) in [6, 6.07) is 3.21. The third kappa shape index (κ3) is 5.31. The van der Waals surface area contributed by atoms with E-state index in [0.717, 1.165) is 17.6 Å². The van der Waals surface area contributed by atoms with Gasteiger partial charge in [-0.05, 0) is 31.9 Å². The Bertz CT molecular complexity index is 680. The Morgan fingerprint density at radius 3 is 2.32 bits per heavy atom. The molecule has 0 saturated heterocycles. The number of hydrogen-bond donors (Lipinski definition) is 1. The molecule has 0 spiro atoms. The van der Waals surface area contributed by atoms with E-state index in [1.54, 1.807) is 12.1 Å². The fraction of sp³-hybridized carbons (Fsp3) is 0.692. The minimum Gasteiger partial charge on any atom is -0.212 e. The molecule has 0 aliphatic rings. The quantitative estimate of drug-likeness (QED) is 0.718. The maximum atomic E-state index is 12.2. The summed E-state index contributed by atoms with van der Waals surface area (Å²) >= 11 is 1.23. The number of nitrogens with one attached hydrogen (secondary N) is 1. The van der Waals surface area contributed by atoms with Crippen LogP contribution in [0.15, 0.2) is 16.3 Å². The van der Waals surface area contributed by atoms with Gasteiger partial charge in [0.25, 0.3) is 0 Å². The van der Waals surface area contributed by atoms with E-state index in [9.17, 15) is 16.8 Å². The third-order valence-electron chi connectivity index (χ3n) is 3.38. The van der Waals surface area contributed by atoms with Crippen LogP contribution in [0.25, 0.3) is 0 Å². The van der Waals surface area contributed by atoms with Crippen LogP contribution in [0, 0.1) is 0 Å². The molecule has 0 amide bonds. The summed E-state index contributed by atoms with van der Waals surface area (Å²) in [7, 11) is -6.93. The lowest BCUT2D eigenvalue weighted by Gasteiger charge is -2.25. The molecule has 0 aliphatic carbocycles. The minimum atomic E-state index is -3.58. The van der Waals surface area contributed by atoms with E-state index < -0.39 is 20.0 Å². The minimum absolute atomic E-state index is 0.0547. The normalized spacial score (nSPS) is 14.4. The first-order valence-electron chi connectivity index (χ1n) is 7.17. The summed E-state index contributed by atoms with van der Waals surface area (Å²) in [4.78, 5) is 0.998. The van der Waals surface area contributed by atoms with Crippen LogP contribution in [-0.2, 0) is 26.5 Å². The zero-order chi connectivity index (χ0) is 17.0. The molecule has 1 rings (SSSR count). The summed E-state index contributed by atoms with van der Waals surface area (Å²) in [5.74, 6) is 0. The molecule has 1 aromatic heterocycles. The summed E-state index contributed by atoms with van der Waals surface area (Å²) in [5, 5.41) is 0.